The number of anilines is 1. The highest BCUT2D eigenvalue weighted by atomic mass is 19.1. The number of nitrogens with one attached hydrogen (secondary N) is 1. The van der Waals surface area contributed by atoms with E-state index in [9.17, 15) is 14.3 Å². The second-order valence-corrected chi connectivity index (χ2v) is 3.55. The molecule has 0 fully saturated rings. The van der Waals surface area contributed by atoms with Crippen LogP contribution in [-0.4, -0.2) is 37.4 Å². The molecule has 0 radical (unpaired) electrons. The van der Waals surface area contributed by atoms with Crippen LogP contribution in [0, 0.1) is 5.82 Å². The second kappa shape index (κ2) is 6.17. The zero-order chi connectivity index (χ0) is 12.8. The van der Waals surface area contributed by atoms with E-state index in [2.05, 4.69) is 5.32 Å². The summed E-state index contributed by atoms with van der Waals surface area (Å²) in [6.07, 6.45) is -0.786. The molecule has 0 aromatic heterocycles. The minimum absolute atomic E-state index is 0.0451. The van der Waals surface area contributed by atoms with E-state index in [1.54, 1.807) is 0 Å². The topological polar surface area (TPSA) is 84.6 Å². The molecule has 1 atom stereocenters. The molecule has 1 amide bonds. The van der Waals surface area contributed by atoms with E-state index in [0.717, 1.165) is 12.1 Å². The van der Waals surface area contributed by atoms with E-state index < -0.39 is 17.8 Å². The summed E-state index contributed by atoms with van der Waals surface area (Å²) in [5, 5.41) is 11.8. The maximum atomic E-state index is 12.8. The van der Waals surface area contributed by atoms with Crippen molar-refractivity contribution in [1.29, 1.82) is 0 Å². The molecule has 0 saturated carbocycles. The minimum atomic E-state index is -0.786. The Morgan fingerprint density at radius 1 is 1.65 bits per heavy atom. The van der Waals surface area contributed by atoms with Crippen molar-refractivity contribution in [1.82, 2.24) is 5.32 Å². The van der Waals surface area contributed by atoms with Gasteiger partial charge in [0.15, 0.2) is 0 Å². The van der Waals surface area contributed by atoms with Gasteiger partial charge in [-0.2, -0.15) is 0 Å². The summed E-state index contributed by atoms with van der Waals surface area (Å²) in [7, 11) is 1.45. The Labute approximate surface area is 98.4 Å². The second-order valence-electron chi connectivity index (χ2n) is 3.55. The van der Waals surface area contributed by atoms with Crippen LogP contribution < -0.4 is 11.1 Å². The smallest absolute Gasteiger partial charge is 0.253 e. The van der Waals surface area contributed by atoms with Crippen molar-refractivity contribution in [2.24, 2.45) is 0 Å². The van der Waals surface area contributed by atoms with Crippen molar-refractivity contribution < 1.29 is 19.0 Å². The molecule has 1 aromatic rings. The Balaban J connectivity index is 2.58. The predicted molar refractivity (Wildman–Crippen MR) is 61.0 cm³/mol. The predicted octanol–water partition coefficient (Wildman–Crippen LogP) is 0.145. The van der Waals surface area contributed by atoms with Crippen LogP contribution in [0.25, 0.3) is 0 Å². The highest BCUT2D eigenvalue weighted by Crippen LogP contribution is 2.12. The molecule has 1 aromatic carbocycles. The van der Waals surface area contributed by atoms with Gasteiger partial charge < -0.3 is 20.9 Å². The maximum absolute atomic E-state index is 12.8. The number of nitrogen functional groups attached to an aromatic ring is 1. The van der Waals surface area contributed by atoms with Crippen LogP contribution in [0.15, 0.2) is 18.2 Å². The van der Waals surface area contributed by atoms with Crippen molar-refractivity contribution >= 4 is 11.6 Å². The number of hydrogen-bond donors (Lipinski definition) is 3. The molecule has 1 rings (SSSR count). The fraction of sp³-hybridized carbons (Fsp3) is 0.364. The molecule has 17 heavy (non-hydrogen) atoms. The molecule has 0 saturated heterocycles. The number of hydrogen-bond acceptors (Lipinski definition) is 4. The lowest BCUT2D eigenvalue weighted by atomic mass is 10.1. The Bertz CT molecular complexity index is 398. The van der Waals surface area contributed by atoms with Crippen molar-refractivity contribution in [3.63, 3.8) is 0 Å². The molecule has 0 aliphatic carbocycles. The van der Waals surface area contributed by atoms with Gasteiger partial charge in [0, 0.05) is 19.3 Å². The van der Waals surface area contributed by atoms with E-state index in [0.29, 0.717) is 0 Å². The first-order valence-corrected chi connectivity index (χ1v) is 5.04. The van der Waals surface area contributed by atoms with Gasteiger partial charge in [-0.05, 0) is 18.2 Å². The summed E-state index contributed by atoms with van der Waals surface area (Å²) in [5.41, 5.74) is 5.74. The van der Waals surface area contributed by atoms with Crippen LogP contribution in [0.5, 0.6) is 0 Å². The number of ether oxygens (including phenoxy) is 1. The quantitative estimate of drug-likeness (QED) is 0.641. The molecule has 6 heteroatoms. The van der Waals surface area contributed by atoms with Gasteiger partial charge in [0.1, 0.15) is 5.82 Å². The highest BCUT2D eigenvalue weighted by Gasteiger charge is 2.11. The largest absolute Gasteiger partial charge is 0.398 e. The molecule has 4 N–H and O–H groups in total. The zero-order valence-corrected chi connectivity index (χ0v) is 9.44. The molecule has 1 unspecified atom stereocenters. The van der Waals surface area contributed by atoms with Gasteiger partial charge in [-0.25, -0.2) is 4.39 Å². The summed E-state index contributed by atoms with van der Waals surface area (Å²) in [6.45, 7) is 0.169. The van der Waals surface area contributed by atoms with E-state index in [1.165, 1.54) is 13.2 Å². The number of rotatable bonds is 5. The molecule has 94 valence electrons. The number of aliphatic hydroxyl groups is 1. The standard InChI is InChI=1S/C11H15FN2O3/c1-17-6-8(15)5-14-11(16)9-3-2-7(12)4-10(9)13/h2-4,8,15H,5-6,13H2,1H3,(H,14,16). The number of nitrogens with two attached hydrogens (primary N) is 1. The lowest BCUT2D eigenvalue weighted by Crippen LogP contribution is -2.34. The van der Waals surface area contributed by atoms with Gasteiger partial charge in [-0.3, -0.25) is 4.79 Å². The normalized spacial score (nSPS) is 12.2. The fourth-order valence-corrected chi connectivity index (χ4v) is 1.30. The summed E-state index contributed by atoms with van der Waals surface area (Å²) >= 11 is 0. The maximum Gasteiger partial charge on any atom is 0.253 e. The number of halogens is 1. The molecular weight excluding hydrogens is 227 g/mol. The molecule has 0 aliphatic rings. The monoisotopic (exact) mass is 242 g/mol. The third kappa shape index (κ3) is 4.01. The summed E-state index contributed by atoms with van der Waals surface area (Å²) in [4.78, 5) is 11.6. The molecule has 0 spiro atoms. The molecule has 0 bridgehead atoms. The first kappa shape index (κ1) is 13.4. The molecule has 0 aliphatic heterocycles. The minimum Gasteiger partial charge on any atom is -0.398 e. The van der Waals surface area contributed by atoms with Crippen molar-refractivity contribution in [3.05, 3.63) is 29.6 Å². The molecular formula is C11H15FN2O3. The lowest BCUT2D eigenvalue weighted by molar-refractivity contribution is 0.0610. The Hall–Kier alpha value is -1.66. The van der Waals surface area contributed by atoms with Gasteiger partial charge in [-0.15, -0.1) is 0 Å². The number of benzene rings is 1. The average molecular weight is 242 g/mol. The Morgan fingerprint density at radius 2 is 2.35 bits per heavy atom. The van der Waals surface area contributed by atoms with Crippen LogP contribution in [0.4, 0.5) is 10.1 Å². The molecule has 0 heterocycles. The van der Waals surface area contributed by atoms with Crippen molar-refractivity contribution in [2.45, 2.75) is 6.10 Å². The van der Waals surface area contributed by atoms with Crippen LogP contribution in [0.1, 0.15) is 10.4 Å². The van der Waals surface area contributed by atoms with Crippen LogP contribution >= 0.6 is 0 Å². The number of carbonyl (C=O) groups is 1. The zero-order valence-electron chi connectivity index (χ0n) is 9.44. The van der Waals surface area contributed by atoms with Gasteiger partial charge in [0.2, 0.25) is 0 Å². The first-order valence-electron chi connectivity index (χ1n) is 5.04. The van der Waals surface area contributed by atoms with E-state index in [1.807, 2.05) is 0 Å². The fourth-order valence-electron chi connectivity index (χ4n) is 1.30. The number of amides is 1. The third-order valence-corrected chi connectivity index (χ3v) is 2.12. The third-order valence-electron chi connectivity index (χ3n) is 2.12. The van der Waals surface area contributed by atoms with E-state index >= 15 is 0 Å². The SMILES string of the molecule is COCC(O)CNC(=O)c1ccc(F)cc1N. The van der Waals surface area contributed by atoms with Gasteiger partial charge in [0.05, 0.1) is 18.3 Å². The van der Waals surface area contributed by atoms with E-state index in [4.69, 9.17) is 10.5 Å². The van der Waals surface area contributed by atoms with Gasteiger partial charge >= 0.3 is 0 Å². The molecule has 5 nitrogen and oxygen atoms in total. The van der Waals surface area contributed by atoms with Crippen molar-refractivity contribution in [2.75, 3.05) is 26.0 Å². The van der Waals surface area contributed by atoms with Crippen LogP contribution in [-0.2, 0) is 4.74 Å². The number of methoxy groups -OCH3 is 1. The van der Waals surface area contributed by atoms with Gasteiger partial charge in [-0.1, -0.05) is 0 Å². The Kier molecular flexibility index (Phi) is 4.86. The number of aliphatic hydroxyl groups excluding tert-OH is 1. The summed E-state index contributed by atoms with van der Waals surface area (Å²) in [5.74, 6) is -0.962. The van der Waals surface area contributed by atoms with Crippen molar-refractivity contribution in [3.8, 4) is 0 Å². The van der Waals surface area contributed by atoms with Crippen LogP contribution in [0.2, 0.25) is 0 Å². The first-order chi connectivity index (χ1) is 8.04. The lowest BCUT2D eigenvalue weighted by Gasteiger charge is -2.11. The Morgan fingerprint density at radius 3 is 2.94 bits per heavy atom. The summed E-state index contributed by atoms with van der Waals surface area (Å²) in [6, 6.07) is 3.51. The van der Waals surface area contributed by atoms with E-state index in [-0.39, 0.29) is 24.4 Å². The van der Waals surface area contributed by atoms with Gasteiger partial charge in [0.25, 0.3) is 5.91 Å². The summed E-state index contributed by atoms with van der Waals surface area (Å²) < 4.78 is 17.5. The number of carbonyl (C=O) groups excluding carboxylic acids is 1. The highest BCUT2D eigenvalue weighted by molar-refractivity contribution is 5.99. The average Bonchev–Trinajstić information content (AvgIpc) is 2.26. The van der Waals surface area contributed by atoms with Crippen LogP contribution in [0.3, 0.4) is 0 Å².